The second-order valence-corrected chi connectivity index (χ2v) is 7.89. The largest absolute Gasteiger partial charge is 0.369 e. The number of nitrogens with zero attached hydrogens (tertiary/aromatic N) is 3. The zero-order valence-corrected chi connectivity index (χ0v) is 16.7. The van der Waals surface area contributed by atoms with Gasteiger partial charge in [0.2, 0.25) is 0 Å². The number of nitrogens with one attached hydrogen (secondary N) is 2. The van der Waals surface area contributed by atoms with Crippen LogP contribution in [0.1, 0.15) is 36.2 Å². The van der Waals surface area contributed by atoms with Crippen molar-refractivity contribution < 1.29 is 4.90 Å². The van der Waals surface area contributed by atoms with Gasteiger partial charge in [0.15, 0.2) is 5.65 Å². The third-order valence-electron chi connectivity index (χ3n) is 5.42. The molecule has 0 radical (unpaired) electrons. The molecule has 5 heteroatoms. The monoisotopic (exact) mass is 364 g/mol. The summed E-state index contributed by atoms with van der Waals surface area (Å²) in [4.78, 5) is 6.57. The molecule has 3 aromatic rings. The molecule has 1 aromatic carbocycles. The van der Waals surface area contributed by atoms with Crippen LogP contribution in [0.2, 0.25) is 0 Å². The van der Waals surface area contributed by atoms with Crippen LogP contribution in [0.3, 0.4) is 0 Å². The van der Waals surface area contributed by atoms with Crippen LogP contribution in [0.25, 0.3) is 16.8 Å². The highest BCUT2D eigenvalue weighted by Crippen LogP contribution is 2.33. The first-order valence-corrected chi connectivity index (χ1v) is 10.1. The summed E-state index contributed by atoms with van der Waals surface area (Å²) in [6, 6.07) is 10.5. The molecule has 0 fully saturated rings. The lowest BCUT2D eigenvalue weighted by molar-refractivity contribution is -0.858. The molecule has 0 unspecified atom stereocenters. The highest BCUT2D eigenvalue weighted by molar-refractivity contribution is 5.81. The molecule has 1 aliphatic carbocycles. The van der Waals surface area contributed by atoms with Gasteiger partial charge in [-0.1, -0.05) is 30.3 Å². The Morgan fingerprint density at radius 2 is 1.89 bits per heavy atom. The Hall–Kier alpha value is -2.40. The molecule has 0 bridgehead atoms. The summed E-state index contributed by atoms with van der Waals surface area (Å²) >= 11 is 0. The minimum absolute atomic E-state index is 0.969. The first kappa shape index (κ1) is 18.0. The van der Waals surface area contributed by atoms with Crippen molar-refractivity contribution in [2.24, 2.45) is 0 Å². The van der Waals surface area contributed by atoms with Crippen LogP contribution < -0.4 is 10.2 Å². The van der Waals surface area contributed by atoms with Gasteiger partial charge in [-0.05, 0) is 38.2 Å². The van der Waals surface area contributed by atoms with E-state index in [4.69, 9.17) is 10.1 Å². The lowest BCUT2D eigenvalue weighted by atomic mass is 9.96. The molecule has 142 valence electrons. The summed E-state index contributed by atoms with van der Waals surface area (Å²) in [5, 5.41) is 8.61. The molecule has 2 aromatic heterocycles. The third kappa shape index (κ3) is 3.56. The maximum absolute atomic E-state index is 5.09. The molecule has 1 aliphatic rings. The second-order valence-electron chi connectivity index (χ2n) is 7.89. The number of hydrogen-bond acceptors (Lipinski definition) is 3. The van der Waals surface area contributed by atoms with Crippen molar-refractivity contribution in [3.63, 3.8) is 0 Å². The predicted molar refractivity (Wildman–Crippen MR) is 111 cm³/mol. The minimum Gasteiger partial charge on any atom is -0.369 e. The molecule has 4 rings (SSSR count). The van der Waals surface area contributed by atoms with Crippen molar-refractivity contribution in [3.8, 4) is 11.1 Å². The number of rotatable bonds is 6. The van der Waals surface area contributed by atoms with E-state index >= 15 is 0 Å². The number of anilines is 1. The summed E-state index contributed by atoms with van der Waals surface area (Å²) in [5.74, 6) is 1.16. The molecule has 0 aliphatic heterocycles. The van der Waals surface area contributed by atoms with Gasteiger partial charge in [-0.15, -0.1) is 0 Å². The normalized spacial score (nSPS) is 13.9. The average molecular weight is 365 g/mol. The van der Waals surface area contributed by atoms with E-state index in [-0.39, 0.29) is 0 Å². The van der Waals surface area contributed by atoms with Crippen LogP contribution in [-0.4, -0.2) is 41.8 Å². The topological polar surface area (TPSA) is 46.7 Å². The molecule has 0 saturated heterocycles. The van der Waals surface area contributed by atoms with E-state index in [9.17, 15) is 0 Å². The van der Waals surface area contributed by atoms with Crippen molar-refractivity contribution >= 4 is 11.5 Å². The molecule has 0 saturated carbocycles. The van der Waals surface area contributed by atoms with Crippen LogP contribution in [0.15, 0.2) is 30.3 Å². The molecule has 0 spiro atoms. The van der Waals surface area contributed by atoms with E-state index < -0.39 is 0 Å². The van der Waals surface area contributed by atoms with Crippen molar-refractivity contribution in [3.05, 3.63) is 47.3 Å². The molecule has 2 heterocycles. The Balaban J connectivity index is 1.80. The van der Waals surface area contributed by atoms with E-state index in [0.29, 0.717) is 0 Å². The fraction of sp³-hybridized carbons (Fsp3) is 0.455. The van der Waals surface area contributed by atoms with Crippen LogP contribution in [0.4, 0.5) is 5.82 Å². The SMILES string of the molecule is Cc1nn2c(NCCC[NH+](C)C)c3c(nc2c1-c1ccccc1)CCCC3. The molecule has 5 nitrogen and oxygen atoms in total. The minimum atomic E-state index is 0.969. The van der Waals surface area contributed by atoms with Crippen LogP contribution in [-0.2, 0) is 12.8 Å². The fourth-order valence-electron chi connectivity index (χ4n) is 4.07. The van der Waals surface area contributed by atoms with Crippen molar-refractivity contribution in [1.29, 1.82) is 0 Å². The Labute approximate surface area is 161 Å². The van der Waals surface area contributed by atoms with Gasteiger partial charge in [-0.3, -0.25) is 0 Å². The van der Waals surface area contributed by atoms with Gasteiger partial charge in [0.05, 0.1) is 26.3 Å². The summed E-state index contributed by atoms with van der Waals surface area (Å²) in [6.45, 7) is 4.22. The number of aromatic nitrogens is 3. The Morgan fingerprint density at radius 3 is 2.67 bits per heavy atom. The first-order chi connectivity index (χ1) is 13.1. The zero-order chi connectivity index (χ0) is 18.8. The van der Waals surface area contributed by atoms with E-state index in [1.165, 1.54) is 34.6 Å². The smallest absolute Gasteiger partial charge is 0.165 e. The van der Waals surface area contributed by atoms with Crippen molar-refractivity contribution in [1.82, 2.24) is 14.6 Å². The molecule has 2 N–H and O–H groups in total. The van der Waals surface area contributed by atoms with E-state index in [1.807, 2.05) is 0 Å². The van der Waals surface area contributed by atoms with Crippen LogP contribution in [0.5, 0.6) is 0 Å². The van der Waals surface area contributed by atoms with E-state index in [1.54, 1.807) is 0 Å². The van der Waals surface area contributed by atoms with Crippen LogP contribution in [0, 0.1) is 6.92 Å². The van der Waals surface area contributed by atoms with Gasteiger partial charge in [0.1, 0.15) is 5.82 Å². The number of fused-ring (bicyclic) bond motifs is 2. The first-order valence-electron chi connectivity index (χ1n) is 10.1. The van der Waals surface area contributed by atoms with Crippen molar-refractivity contribution in [2.45, 2.75) is 39.0 Å². The fourth-order valence-corrected chi connectivity index (χ4v) is 4.07. The van der Waals surface area contributed by atoms with E-state index in [2.05, 4.69) is 61.2 Å². The third-order valence-corrected chi connectivity index (χ3v) is 5.42. The van der Waals surface area contributed by atoms with Gasteiger partial charge >= 0.3 is 0 Å². The highest BCUT2D eigenvalue weighted by Gasteiger charge is 2.22. The number of hydrogen-bond donors (Lipinski definition) is 2. The van der Waals surface area contributed by atoms with Crippen molar-refractivity contribution in [2.75, 3.05) is 32.5 Å². The summed E-state index contributed by atoms with van der Waals surface area (Å²) < 4.78 is 2.06. The standard InChI is InChI=1S/C22H29N5/c1-16-20(17-10-5-4-6-11-17)22-24-19-13-8-7-12-18(19)21(27(22)25-16)23-14-9-15-26(2)3/h4-6,10-11,23H,7-9,12-15H2,1-3H3/p+1. The van der Waals surface area contributed by atoms with Gasteiger partial charge in [0, 0.05) is 29.8 Å². The molecular weight excluding hydrogens is 334 g/mol. The Kier molecular flexibility index (Phi) is 5.12. The predicted octanol–water partition coefficient (Wildman–Crippen LogP) is 2.53. The van der Waals surface area contributed by atoms with Gasteiger partial charge in [-0.25, -0.2) is 4.98 Å². The van der Waals surface area contributed by atoms with E-state index in [0.717, 1.165) is 55.1 Å². The Bertz CT molecular complexity index is 927. The maximum atomic E-state index is 5.09. The second kappa shape index (κ2) is 7.69. The Morgan fingerprint density at radius 1 is 1.11 bits per heavy atom. The molecule has 0 atom stereocenters. The number of benzene rings is 1. The van der Waals surface area contributed by atoms with Gasteiger partial charge in [0.25, 0.3) is 0 Å². The lowest BCUT2D eigenvalue weighted by Crippen LogP contribution is -3.05. The number of aryl methyl sites for hydroxylation is 2. The highest BCUT2D eigenvalue weighted by atomic mass is 15.3. The quantitative estimate of drug-likeness (QED) is 0.661. The zero-order valence-electron chi connectivity index (χ0n) is 16.7. The lowest BCUT2D eigenvalue weighted by Gasteiger charge is -2.21. The molecule has 27 heavy (non-hydrogen) atoms. The van der Waals surface area contributed by atoms with Gasteiger partial charge < -0.3 is 10.2 Å². The summed E-state index contributed by atoms with van der Waals surface area (Å²) in [7, 11) is 4.41. The molecular formula is C22H30N5+. The van der Waals surface area contributed by atoms with Crippen LogP contribution >= 0.6 is 0 Å². The maximum Gasteiger partial charge on any atom is 0.165 e. The summed E-state index contributed by atoms with van der Waals surface area (Å²) in [5.41, 5.74) is 7.00. The average Bonchev–Trinajstić information content (AvgIpc) is 3.00. The summed E-state index contributed by atoms with van der Waals surface area (Å²) in [6.07, 6.45) is 5.78. The molecule has 0 amide bonds. The van der Waals surface area contributed by atoms with Gasteiger partial charge in [-0.2, -0.15) is 9.61 Å². The number of quaternary nitrogens is 1.